The van der Waals surface area contributed by atoms with E-state index in [0.29, 0.717) is 31.8 Å². The van der Waals surface area contributed by atoms with E-state index in [1.54, 1.807) is 20.2 Å². The molecule has 11 heteroatoms. The van der Waals surface area contributed by atoms with Gasteiger partial charge in [0.1, 0.15) is 0 Å². The fourth-order valence-corrected chi connectivity index (χ4v) is 3.93. The number of piperazine rings is 1. The number of nitrogens with one attached hydrogen (secondary N) is 1. The van der Waals surface area contributed by atoms with Crippen molar-refractivity contribution in [2.75, 3.05) is 39.8 Å². The van der Waals surface area contributed by atoms with E-state index in [1.807, 2.05) is 14.6 Å². The highest BCUT2D eigenvalue weighted by molar-refractivity contribution is 7.94. The van der Waals surface area contributed by atoms with Gasteiger partial charge in [-0.2, -0.15) is 0 Å². The molecule has 2 aliphatic rings. The van der Waals surface area contributed by atoms with Crippen molar-refractivity contribution in [1.82, 2.24) is 24.2 Å². The molecule has 0 saturated carbocycles. The summed E-state index contributed by atoms with van der Waals surface area (Å²) in [5, 5.41) is 12.4. The first kappa shape index (κ1) is 18.3. The van der Waals surface area contributed by atoms with Crippen molar-refractivity contribution in [2.45, 2.75) is 6.92 Å². The van der Waals surface area contributed by atoms with Gasteiger partial charge in [-0.25, -0.2) is 19.5 Å². The summed E-state index contributed by atoms with van der Waals surface area (Å²) in [7, 11) is 1.63. The molecule has 9 nitrogen and oxygen atoms in total. The molecule has 0 radical (unpaired) electrons. The molecule has 25 heavy (non-hydrogen) atoms. The Hall–Kier alpha value is -1.50. The lowest BCUT2D eigenvalue weighted by molar-refractivity contribution is -0.138. The molecule has 3 heterocycles. The van der Waals surface area contributed by atoms with Crippen LogP contribution in [0.5, 0.6) is 0 Å². The molecule has 0 amide bonds. The van der Waals surface area contributed by atoms with Gasteiger partial charge in [-0.15, -0.1) is 11.3 Å². The molecule has 1 fully saturated rings. The van der Waals surface area contributed by atoms with Crippen molar-refractivity contribution in [3.05, 3.63) is 27.9 Å². The topological polar surface area (TPSA) is 93.5 Å². The molecule has 0 spiro atoms. The van der Waals surface area contributed by atoms with Crippen molar-refractivity contribution >= 4 is 35.3 Å². The zero-order valence-corrected chi connectivity index (χ0v) is 15.6. The van der Waals surface area contributed by atoms with Gasteiger partial charge in [0.05, 0.1) is 37.4 Å². The quantitative estimate of drug-likeness (QED) is 0.418. The number of nitrogens with zero attached hydrogens (tertiary/aromatic N) is 5. The van der Waals surface area contributed by atoms with Gasteiger partial charge in [-0.3, -0.25) is 10.2 Å². The third kappa shape index (κ3) is 4.02. The molecule has 1 saturated heterocycles. The molecule has 2 aliphatic heterocycles. The number of amidine groups is 1. The minimum Gasteiger partial charge on any atom is -0.463 e. The van der Waals surface area contributed by atoms with Crippen LogP contribution >= 0.6 is 23.5 Å². The first-order valence-corrected chi connectivity index (χ1v) is 9.45. The zero-order valence-electron chi connectivity index (χ0n) is 14.0. The Balaban J connectivity index is 1.87. The molecule has 0 atom stereocenters. The van der Waals surface area contributed by atoms with Crippen molar-refractivity contribution in [3.8, 4) is 0 Å². The van der Waals surface area contributed by atoms with Crippen LogP contribution in [0.1, 0.15) is 11.9 Å². The summed E-state index contributed by atoms with van der Waals surface area (Å²) < 4.78 is 8.08. The van der Waals surface area contributed by atoms with E-state index in [1.165, 1.54) is 11.3 Å². The maximum atomic E-state index is 12.3. The van der Waals surface area contributed by atoms with Gasteiger partial charge in [0.25, 0.3) is 0 Å². The number of hydrazine groups is 1. The summed E-state index contributed by atoms with van der Waals surface area (Å²) in [5.74, 6) is 0.447. The first-order valence-electron chi connectivity index (χ1n) is 7.84. The summed E-state index contributed by atoms with van der Waals surface area (Å²) in [5.41, 5.74) is 4.03. The third-order valence-corrected chi connectivity index (χ3v) is 5.39. The Morgan fingerprint density at radius 3 is 3.08 bits per heavy atom. The Morgan fingerprint density at radius 1 is 1.56 bits per heavy atom. The van der Waals surface area contributed by atoms with Crippen molar-refractivity contribution < 1.29 is 14.7 Å². The van der Waals surface area contributed by atoms with Gasteiger partial charge < -0.3 is 9.64 Å². The van der Waals surface area contributed by atoms with Crippen LogP contribution in [0, 0.1) is 0 Å². The molecule has 1 aromatic rings. The minimum absolute atomic E-state index is 0.271. The Morgan fingerprint density at radius 2 is 2.40 bits per heavy atom. The van der Waals surface area contributed by atoms with Crippen LogP contribution in [-0.4, -0.2) is 75.6 Å². The highest BCUT2D eigenvalue weighted by Gasteiger charge is 2.34. The molecule has 1 aromatic heterocycles. The second-order valence-electron chi connectivity index (χ2n) is 5.22. The van der Waals surface area contributed by atoms with E-state index in [4.69, 9.17) is 4.74 Å². The van der Waals surface area contributed by atoms with Gasteiger partial charge >= 0.3 is 5.97 Å². The normalized spacial score (nSPS) is 18.4. The average molecular weight is 384 g/mol. The molecule has 0 bridgehead atoms. The fourth-order valence-electron chi connectivity index (χ4n) is 2.64. The number of aromatic nitrogens is 1. The minimum atomic E-state index is -0.342. The summed E-state index contributed by atoms with van der Waals surface area (Å²) >= 11 is 2.67. The number of aliphatic imine (C=N–C) groups is 1. The number of hydrogen-bond acceptors (Lipinski definition) is 11. The van der Waals surface area contributed by atoms with Crippen molar-refractivity contribution in [3.63, 3.8) is 0 Å². The summed E-state index contributed by atoms with van der Waals surface area (Å²) in [6.07, 6.45) is 1.75. The maximum absolute atomic E-state index is 12.3. The van der Waals surface area contributed by atoms with E-state index < -0.39 is 0 Å². The van der Waals surface area contributed by atoms with E-state index >= 15 is 0 Å². The number of carbonyl (C=O) groups is 1. The number of thiazole rings is 1. The standard InChI is InChI=1S/C14H20N6O3S2/c1-3-23-14(21)10-8-17-12(13-16-4-7-24-13)19-6-5-18(9-11(10)19)25-20(22)15-2/h4,7,15,22H,3,5-6,8-9H2,1-2H3. The van der Waals surface area contributed by atoms with E-state index in [9.17, 15) is 10.0 Å². The molecular formula is C14H20N6O3S2. The van der Waals surface area contributed by atoms with Crippen LogP contribution in [0.25, 0.3) is 0 Å². The molecule has 0 aromatic carbocycles. The number of hydrogen-bond donors (Lipinski definition) is 2. The number of fused-ring (bicyclic) bond motifs is 1. The molecule has 136 valence electrons. The number of ether oxygens (including phenoxy) is 1. The van der Waals surface area contributed by atoms with E-state index in [0.717, 1.165) is 33.3 Å². The lowest BCUT2D eigenvalue weighted by Crippen LogP contribution is -2.49. The van der Waals surface area contributed by atoms with Gasteiger partial charge in [-0.05, 0) is 6.92 Å². The molecular weight excluding hydrogens is 364 g/mol. The van der Waals surface area contributed by atoms with Crippen LogP contribution in [0.15, 0.2) is 27.8 Å². The zero-order chi connectivity index (χ0) is 17.8. The fraction of sp³-hybridized carbons (Fsp3) is 0.500. The Labute approximate surface area is 154 Å². The molecule has 3 rings (SSSR count). The lowest BCUT2D eigenvalue weighted by Gasteiger charge is -2.40. The predicted octanol–water partition coefficient (Wildman–Crippen LogP) is 0.727. The predicted molar refractivity (Wildman–Crippen MR) is 95.7 cm³/mol. The second kappa shape index (κ2) is 8.25. The van der Waals surface area contributed by atoms with Crippen molar-refractivity contribution in [2.24, 2.45) is 4.99 Å². The van der Waals surface area contributed by atoms with Crippen LogP contribution in [0.3, 0.4) is 0 Å². The van der Waals surface area contributed by atoms with E-state index in [2.05, 4.69) is 15.4 Å². The molecule has 0 unspecified atom stereocenters. The van der Waals surface area contributed by atoms with Crippen LogP contribution in [-0.2, 0) is 9.53 Å². The monoisotopic (exact) mass is 384 g/mol. The van der Waals surface area contributed by atoms with E-state index in [-0.39, 0.29) is 12.5 Å². The Bertz CT molecular complexity index is 678. The van der Waals surface area contributed by atoms with Gasteiger partial charge in [0.2, 0.25) is 0 Å². The van der Waals surface area contributed by atoms with Crippen LogP contribution in [0.4, 0.5) is 0 Å². The van der Waals surface area contributed by atoms with Gasteiger partial charge in [-0.1, -0.05) is 4.58 Å². The highest BCUT2D eigenvalue weighted by Crippen LogP contribution is 2.29. The van der Waals surface area contributed by atoms with Crippen LogP contribution in [0.2, 0.25) is 0 Å². The average Bonchev–Trinajstić information content (AvgIpc) is 3.15. The van der Waals surface area contributed by atoms with Crippen LogP contribution < -0.4 is 5.43 Å². The van der Waals surface area contributed by atoms with Gasteiger partial charge in [0, 0.05) is 37.4 Å². The number of esters is 1. The van der Waals surface area contributed by atoms with Gasteiger partial charge in [0.15, 0.2) is 10.8 Å². The second-order valence-corrected chi connectivity index (χ2v) is 7.14. The summed E-state index contributed by atoms with van der Waals surface area (Å²) in [6.45, 7) is 4.19. The SMILES string of the molecule is CCOC(=O)C1=C2CN(SN(O)NC)CCN2C(c2nccs2)=NC1. The Kier molecular flexibility index (Phi) is 6.04. The largest absolute Gasteiger partial charge is 0.463 e. The summed E-state index contributed by atoms with van der Waals surface area (Å²) in [4.78, 5) is 23.3. The van der Waals surface area contributed by atoms with Crippen molar-refractivity contribution in [1.29, 1.82) is 0 Å². The molecule has 2 N–H and O–H groups in total. The number of carbonyl (C=O) groups excluding carboxylic acids is 1. The highest BCUT2D eigenvalue weighted by atomic mass is 32.2. The number of rotatable bonds is 6. The summed E-state index contributed by atoms with van der Waals surface area (Å²) in [6, 6.07) is 0. The third-order valence-electron chi connectivity index (χ3n) is 3.75. The molecule has 0 aliphatic carbocycles. The smallest absolute Gasteiger partial charge is 0.337 e. The maximum Gasteiger partial charge on any atom is 0.337 e. The first-order chi connectivity index (χ1) is 12.1. The lowest BCUT2D eigenvalue weighted by atomic mass is 10.1.